The fraction of sp³-hybridized carbons (Fsp3) is 0.182. The van der Waals surface area contributed by atoms with Crippen LogP contribution in [0.15, 0.2) is 60.8 Å². The maximum absolute atomic E-state index is 12.3. The number of hydrogen-bond acceptors (Lipinski definition) is 4. The highest BCUT2D eigenvalue weighted by Crippen LogP contribution is 2.23. The molecule has 5 nitrogen and oxygen atoms in total. The zero-order chi connectivity index (χ0) is 19.2. The number of methoxy groups -OCH3 is 1. The third kappa shape index (κ3) is 4.92. The maximum Gasteiger partial charge on any atom is 0.255 e. The molecule has 0 fully saturated rings. The van der Waals surface area contributed by atoms with Gasteiger partial charge in [-0.15, -0.1) is 0 Å². The predicted molar refractivity (Wildman–Crippen MR) is 105 cm³/mol. The maximum atomic E-state index is 12.3. The Balaban J connectivity index is 1.62. The molecule has 1 aromatic heterocycles. The molecular formula is C22H22N2O3. The molecule has 1 N–H and O–H groups in total. The van der Waals surface area contributed by atoms with Crippen LogP contribution in [0.4, 0.5) is 5.69 Å². The van der Waals surface area contributed by atoms with Crippen molar-refractivity contribution in [3.8, 4) is 11.6 Å². The van der Waals surface area contributed by atoms with E-state index in [9.17, 15) is 4.79 Å². The first-order chi connectivity index (χ1) is 13.0. The predicted octanol–water partition coefficient (Wildman–Crippen LogP) is 4.89. The second-order valence-electron chi connectivity index (χ2n) is 6.32. The molecule has 27 heavy (non-hydrogen) atoms. The Labute approximate surface area is 159 Å². The van der Waals surface area contributed by atoms with Crippen LogP contribution < -0.4 is 10.1 Å². The van der Waals surface area contributed by atoms with Crippen molar-refractivity contribution in [1.29, 1.82) is 0 Å². The highest BCUT2D eigenvalue weighted by molar-refractivity contribution is 6.04. The van der Waals surface area contributed by atoms with Crippen molar-refractivity contribution in [2.75, 3.05) is 12.4 Å². The van der Waals surface area contributed by atoms with Gasteiger partial charge in [-0.05, 0) is 60.9 Å². The minimum atomic E-state index is -0.191. The van der Waals surface area contributed by atoms with Crippen molar-refractivity contribution in [3.05, 3.63) is 83.0 Å². The van der Waals surface area contributed by atoms with Crippen molar-refractivity contribution in [1.82, 2.24) is 4.98 Å². The normalized spacial score (nSPS) is 10.5. The third-order valence-electron chi connectivity index (χ3n) is 4.22. The summed E-state index contributed by atoms with van der Waals surface area (Å²) in [5, 5.41) is 2.83. The van der Waals surface area contributed by atoms with Crippen LogP contribution in [-0.2, 0) is 11.3 Å². The Morgan fingerprint density at radius 2 is 1.78 bits per heavy atom. The van der Waals surface area contributed by atoms with E-state index in [1.807, 2.05) is 37.3 Å². The summed E-state index contributed by atoms with van der Waals surface area (Å²) in [6.07, 6.45) is 1.58. The van der Waals surface area contributed by atoms with Gasteiger partial charge in [-0.25, -0.2) is 4.98 Å². The van der Waals surface area contributed by atoms with E-state index >= 15 is 0 Å². The van der Waals surface area contributed by atoms with Crippen molar-refractivity contribution in [3.63, 3.8) is 0 Å². The molecule has 138 valence electrons. The molecule has 0 saturated heterocycles. The van der Waals surface area contributed by atoms with Gasteiger partial charge >= 0.3 is 0 Å². The Hall–Kier alpha value is -3.18. The molecule has 0 bridgehead atoms. The van der Waals surface area contributed by atoms with Gasteiger partial charge in [0.05, 0.1) is 18.5 Å². The number of carbonyl (C=O) groups is 1. The van der Waals surface area contributed by atoms with Crippen LogP contribution in [-0.4, -0.2) is 18.0 Å². The number of amides is 1. The average molecular weight is 362 g/mol. The SMILES string of the molecule is COCc1ccc(C(=O)Nc2ccc(Oc3ccc(C)c(C)c3)nc2)cc1. The Kier molecular flexibility index (Phi) is 5.84. The molecule has 1 heterocycles. The Morgan fingerprint density at radius 3 is 2.41 bits per heavy atom. The highest BCUT2D eigenvalue weighted by Gasteiger charge is 2.07. The number of benzene rings is 2. The second-order valence-corrected chi connectivity index (χ2v) is 6.32. The van der Waals surface area contributed by atoms with Gasteiger partial charge in [0, 0.05) is 18.7 Å². The molecule has 1 amide bonds. The fourth-order valence-electron chi connectivity index (χ4n) is 2.54. The molecule has 0 saturated carbocycles. The van der Waals surface area contributed by atoms with Gasteiger partial charge in [-0.2, -0.15) is 0 Å². The summed E-state index contributed by atoms with van der Waals surface area (Å²) in [4.78, 5) is 16.6. The smallest absolute Gasteiger partial charge is 0.255 e. The first kappa shape index (κ1) is 18.6. The van der Waals surface area contributed by atoms with Gasteiger partial charge in [0.1, 0.15) is 5.75 Å². The van der Waals surface area contributed by atoms with Gasteiger partial charge in [-0.3, -0.25) is 4.79 Å². The van der Waals surface area contributed by atoms with Crippen LogP contribution >= 0.6 is 0 Å². The molecule has 2 aromatic carbocycles. The van der Waals surface area contributed by atoms with Crippen LogP contribution in [0.1, 0.15) is 27.0 Å². The van der Waals surface area contributed by atoms with Gasteiger partial charge in [0.2, 0.25) is 5.88 Å². The van der Waals surface area contributed by atoms with Crippen LogP contribution in [0.3, 0.4) is 0 Å². The molecule has 0 atom stereocenters. The van der Waals surface area contributed by atoms with Crippen LogP contribution in [0.5, 0.6) is 11.6 Å². The fourth-order valence-corrected chi connectivity index (χ4v) is 2.54. The summed E-state index contributed by atoms with van der Waals surface area (Å²) >= 11 is 0. The molecular weight excluding hydrogens is 340 g/mol. The first-order valence-electron chi connectivity index (χ1n) is 8.65. The molecule has 5 heteroatoms. The monoisotopic (exact) mass is 362 g/mol. The van der Waals surface area contributed by atoms with E-state index < -0.39 is 0 Å². The van der Waals surface area contributed by atoms with Crippen molar-refractivity contribution < 1.29 is 14.3 Å². The molecule has 0 aliphatic heterocycles. The van der Waals surface area contributed by atoms with Crippen LogP contribution in [0, 0.1) is 13.8 Å². The minimum Gasteiger partial charge on any atom is -0.439 e. The topological polar surface area (TPSA) is 60.5 Å². The number of carbonyl (C=O) groups excluding carboxylic acids is 1. The highest BCUT2D eigenvalue weighted by atomic mass is 16.5. The number of aromatic nitrogens is 1. The van der Waals surface area contributed by atoms with E-state index in [0.29, 0.717) is 23.7 Å². The third-order valence-corrected chi connectivity index (χ3v) is 4.22. The van der Waals surface area contributed by atoms with E-state index in [1.54, 1.807) is 37.6 Å². The second kappa shape index (κ2) is 8.47. The van der Waals surface area contributed by atoms with Crippen molar-refractivity contribution >= 4 is 11.6 Å². The lowest BCUT2D eigenvalue weighted by Gasteiger charge is -2.09. The zero-order valence-electron chi connectivity index (χ0n) is 15.7. The number of hydrogen-bond donors (Lipinski definition) is 1. The molecule has 0 spiro atoms. The van der Waals surface area contributed by atoms with Crippen molar-refractivity contribution in [2.24, 2.45) is 0 Å². The van der Waals surface area contributed by atoms with Crippen LogP contribution in [0.25, 0.3) is 0 Å². The number of pyridine rings is 1. The summed E-state index contributed by atoms with van der Waals surface area (Å²) < 4.78 is 10.8. The summed E-state index contributed by atoms with van der Waals surface area (Å²) in [6, 6.07) is 16.7. The van der Waals surface area contributed by atoms with Crippen LogP contribution in [0.2, 0.25) is 0 Å². The van der Waals surface area contributed by atoms with E-state index in [1.165, 1.54) is 5.56 Å². The number of ether oxygens (including phenoxy) is 2. The largest absolute Gasteiger partial charge is 0.439 e. The van der Waals surface area contributed by atoms with Gasteiger partial charge in [-0.1, -0.05) is 18.2 Å². The minimum absolute atomic E-state index is 0.191. The summed E-state index contributed by atoms with van der Waals surface area (Å²) in [5.74, 6) is 1.02. The van der Waals surface area contributed by atoms with Gasteiger partial charge in [0.15, 0.2) is 0 Å². The van der Waals surface area contributed by atoms with Gasteiger partial charge in [0.25, 0.3) is 5.91 Å². The molecule has 0 aliphatic carbocycles. The Bertz CT molecular complexity index is 919. The van der Waals surface area contributed by atoms with E-state index in [4.69, 9.17) is 9.47 Å². The summed E-state index contributed by atoms with van der Waals surface area (Å²) in [7, 11) is 1.64. The number of anilines is 1. The number of nitrogens with zero attached hydrogens (tertiary/aromatic N) is 1. The average Bonchev–Trinajstić information content (AvgIpc) is 2.67. The lowest BCUT2D eigenvalue weighted by Crippen LogP contribution is -2.12. The summed E-state index contributed by atoms with van der Waals surface area (Å²) in [6.45, 7) is 4.61. The zero-order valence-corrected chi connectivity index (χ0v) is 15.7. The van der Waals surface area contributed by atoms with Gasteiger partial charge < -0.3 is 14.8 Å². The molecule has 3 aromatic rings. The van der Waals surface area contributed by atoms with E-state index in [2.05, 4.69) is 17.2 Å². The molecule has 0 aliphatic rings. The number of aryl methyl sites for hydroxylation is 2. The lowest BCUT2D eigenvalue weighted by molar-refractivity contribution is 0.102. The van der Waals surface area contributed by atoms with E-state index in [-0.39, 0.29) is 5.91 Å². The summed E-state index contributed by atoms with van der Waals surface area (Å²) in [5.41, 5.74) is 4.57. The molecule has 3 rings (SSSR count). The number of rotatable bonds is 6. The lowest BCUT2D eigenvalue weighted by atomic mass is 10.1. The standard InChI is InChI=1S/C22H22N2O3/c1-15-4-10-20(12-16(15)2)27-21-11-9-19(13-23-21)24-22(25)18-7-5-17(6-8-18)14-26-3/h4-13H,14H2,1-3H3,(H,24,25). The quantitative estimate of drug-likeness (QED) is 0.678. The Morgan fingerprint density at radius 1 is 1.00 bits per heavy atom. The van der Waals surface area contributed by atoms with Crippen molar-refractivity contribution in [2.45, 2.75) is 20.5 Å². The molecule has 0 radical (unpaired) electrons. The van der Waals surface area contributed by atoms with E-state index in [0.717, 1.165) is 16.9 Å². The molecule has 0 unspecified atom stereocenters. The number of nitrogens with one attached hydrogen (secondary N) is 1. The first-order valence-corrected chi connectivity index (χ1v) is 8.65.